The molecule has 0 unspecified atom stereocenters. The van der Waals surface area contributed by atoms with E-state index in [1.165, 1.54) is 36.4 Å². The quantitative estimate of drug-likeness (QED) is 0.487. The van der Waals surface area contributed by atoms with Crippen LogP contribution in [-0.2, 0) is 11.9 Å². The lowest BCUT2D eigenvalue weighted by molar-refractivity contribution is -0.137. The fraction of sp³-hybridized carbons (Fsp3) is 0.125. The molecule has 0 aliphatic carbocycles. The first kappa shape index (κ1) is 18.5. The van der Waals surface area contributed by atoms with E-state index in [2.05, 4.69) is 10.2 Å². The number of thioether (sulfide) groups is 1. The topological polar surface area (TPSA) is 50.9 Å². The molecule has 0 aliphatic heterocycles. The third kappa shape index (κ3) is 3.63. The van der Waals surface area contributed by atoms with Gasteiger partial charge in [-0.05, 0) is 24.3 Å². The predicted molar refractivity (Wildman–Crippen MR) is 89.0 cm³/mol. The predicted octanol–water partition coefficient (Wildman–Crippen LogP) is 5.08. The first-order valence-corrected chi connectivity index (χ1v) is 8.52. The van der Waals surface area contributed by atoms with E-state index in [-0.39, 0.29) is 27.2 Å². The minimum Gasteiger partial charge on any atom is -0.479 e. The molecule has 0 radical (unpaired) electrons. The van der Waals surface area contributed by atoms with Gasteiger partial charge in [0.05, 0.1) is 11.3 Å². The number of benzene rings is 2. The number of alkyl halides is 3. The number of halogens is 5. The average molecular weight is 404 g/mol. The van der Waals surface area contributed by atoms with Crippen molar-refractivity contribution >= 4 is 23.4 Å². The molecule has 0 spiro atoms. The van der Waals surface area contributed by atoms with Gasteiger partial charge in [0.15, 0.2) is 5.16 Å². The van der Waals surface area contributed by atoms with Gasteiger partial charge in [-0.15, -0.1) is 5.10 Å². The summed E-state index contributed by atoms with van der Waals surface area (Å²) in [5, 5.41) is 17.2. The fourth-order valence-electron chi connectivity index (χ4n) is 2.28. The zero-order chi connectivity index (χ0) is 18.9. The van der Waals surface area contributed by atoms with Crippen LogP contribution in [0.25, 0.3) is 5.69 Å². The van der Waals surface area contributed by atoms with Crippen LogP contribution >= 0.6 is 23.4 Å². The fourth-order valence-corrected chi connectivity index (χ4v) is 3.57. The van der Waals surface area contributed by atoms with Crippen LogP contribution in [0.5, 0.6) is 6.01 Å². The summed E-state index contributed by atoms with van der Waals surface area (Å²) in [7, 11) is 0. The standard InChI is InChI=1S/C16H10ClF4N3OS/c17-11-5-3-6-12(18)9(11)8-26-15-23-22-14(25)24(15)13-7-2-1-4-10(13)16(19,20)21/h1-7H,8H2,(H,22,25). The van der Waals surface area contributed by atoms with Crippen LogP contribution in [0.4, 0.5) is 17.6 Å². The maximum absolute atomic E-state index is 13.9. The van der Waals surface area contributed by atoms with E-state index in [9.17, 15) is 22.7 Å². The number of nitrogens with zero attached hydrogens (tertiary/aromatic N) is 3. The monoisotopic (exact) mass is 403 g/mol. The van der Waals surface area contributed by atoms with Crippen molar-refractivity contribution in [1.29, 1.82) is 0 Å². The molecule has 10 heteroatoms. The lowest BCUT2D eigenvalue weighted by Gasteiger charge is -2.14. The lowest BCUT2D eigenvalue weighted by atomic mass is 10.1. The van der Waals surface area contributed by atoms with Gasteiger partial charge in [-0.1, -0.05) is 46.7 Å². The molecular weight excluding hydrogens is 394 g/mol. The van der Waals surface area contributed by atoms with Crippen LogP contribution < -0.4 is 0 Å². The van der Waals surface area contributed by atoms with Crippen LogP contribution in [0.1, 0.15) is 11.1 Å². The van der Waals surface area contributed by atoms with Gasteiger partial charge in [0.1, 0.15) is 5.82 Å². The number of para-hydroxylation sites is 1. The van der Waals surface area contributed by atoms with E-state index in [0.717, 1.165) is 22.4 Å². The minimum atomic E-state index is -4.63. The van der Waals surface area contributed by atoms with Crippen molar-refractivity contribution in [3.05, 3.63) is 64.4 Å². The van der Waals surface area contributed by atoms with Crippen molar-refractivity contribution in [2.75, 3.05) is 0 Å². The largest absolute Gasteiger partial charge is 0.479 e. The Kier molecular flexibility index (Phi) is 5.10. The summed E-state index contributed by atoms with van der Waals surface area (Å²) >= 11 is 6.85. The smallest absolute Gasteiger partial charge is 0.418 e. The highest BCUT2D eigenvalue weighted by Gasteiger charge is 2.35. The Morgan fingerprint density at radius 1 is 1.08 bits per heavy atom. The summed E-state index contributed by atoms with van der Waals surface area (Å²) in [4.78, 5) is 0. The van der Waals surface area contributed by atoms with E-state index in [1.54, 1.807) is 0 Å². The van der Waals surface area contributed by atoms with Gasteiger partial charge >= 0.3 is 12.2 Å². The Morgan fingerprint density at radius 2 is 1.81 bits per heavy atom. The molecule has 0 fully saturated rings. The van der Waals surface area contributed by atoms with Gasteiger partial charge in [-0.3, -0.25) is 0 Å². The van der Waals surface area contributed by atoms with Crippen molar-refractivity contribution in [2.45, 2.75) is 17.1 Å². The first-order chi connectivity index (χ1) is 12.3. The summed E-state index contributed by atoms with van der Waals surface area (Å²) in [6, 6.07) is 8.17. The van der Waals surface area contributed by atoms with Gasteiger partial charge in [-0.2, -0.15) is 13.2 Å². The minimum absolute atomic E-state index is 0.00216. The number of rotatable bonds is 4. The molecule has 1 N–H and O–H groups in total. The maximum Gasteiger partial charge on any atom is 0.418 e. The molecule has 1 aromatic heterocycles. The summed E-state index contributed by atoms with van der Waals surface area (Å²) in [6.45, 7) is 0. The number of aromatic hydroxyl groups is 1. The van der Waals surface area contributed by atoms with E-state index < -0.39 is 23.6 Å². The highest BCUT2D eigenvalue weighted by Crippen LogP contribution is 2.37. The van der Waals surface area contributed by atoms with E-state index >= 15 is 0 Å². The Labute approximate surface area is 154 Å². The molecule has 0 saturated carbocycles. The molecular formula is C16H10ClF4N3OS. The third-order valence-corrected chi connectivity index (χ3v) is 4.78. The van der Waals surface area contributed by atoms with Crippen LogP contribution in [0.3, 0.4) is 0 Å². The number of hydrogen-bond donors (Lipinski definition) is 1. The van der Waals surface area contributed by atoms with Crippen LogP contribution in [0.2, 0.25) is 5.02 Å². The summed E-state index contributed by atoms with van der Waals surface area (Å²) < 4.78 is 54.5. The van der Waals surface area contributed by atoms with Crippen molar-refractivity contribution < 1.29 is 22.7 Å². The van der Waals surface area contributed by atoms with Gasteiger partial charge in [0.2, 0.25) is 0 Å². The molecule has 4 nitrogen and oxygen atoms in total. The Hall–Kier alpha value is -2.26. The van der Waals surface area contributed by atoms with Crippen molar-refractivity contribution in [1.82, 2.24) is 14.8 Å². The van der Waals surface area contributed by atoms with Gasteiger partial charge in [-0.25, -0.2) is 8.96 Å². The third-order valence-electron chi connectivity index (χ3n) is 3.47. The van der Waals surface area contributed by atoms with Crippen molar-refractivity contribution in [2.24, 2.45) is 0 Å². The van der Waals surface area contributed by atoms with Crippen LogP contribution in [0, 0.1) is 5.82 Å². The van der Waals surface area contributed by atoms with E-state index in [0.29, 0.717) is 0 Å². The van der Waals surface area contributed by atoms with Crippen LogP contribution in [0.15, 0.2) is 47.6 Å². The van der Waals surface area contributed by atoms with Crippen molar-refractivity contribution in [3.8, 4) is 11.7 Å². The molecule has 3 aromatic rings. The molecule has 0 bridgehead atoms. The van der Waals surface area contributed by atoms with Crippen LogP contribution in [-0.4, -0.2) is 19.9 Å². The van der Waals surface area contributed by atoms with Crippen molar-refractivity contribution in [3.63, 3.8) is 0 Å². The highest BCUT2D eigenvalue weighted by molar-refractivity contribution is 7.98. The Balaban J connectivity index is 1.99. The zero-order valence-electron chi connectivity index (χ0n) is 12.8. The lowest BCUT2D eigenvalue weighted by Crippen LogP contribution is -2.11. The normalized spacial score (nSPS) is 11.7. The molecule has 26 heavy (non-hydrogen) atoms. The SMILES string of the molecule is Oc1nnc(SCc2c(F)cccc2Cl)n1-c1ccccc1C(F)(F)F. The Bertz CT molecular complexity index is 925. The van der Waals surface area contributed by atoms with Gasteiger partial charge in [0, 0.05) is 16.3 Å². The molecule has 0 saturated heterocycles. The second-order valence-electron chi connectivity index (χ2n) is 5.12. The number of aromatic nitrogens is 3. The molecule has 1 heterocycles. The first-order valence-electron chi connectivity index (χ1n) is 7.15. The molecule has 2 aromatic carbocycles. The summed E-state index contributed by atoms with van der Waals surface area (Å²) in [5.74, 6) is -0.548. The van der Waals surface area contributed by atoms with Gasteiger partial charge < -0.3 is 5.11 Å². The maximum atomic E-state index is 13.9. The number of hydrogen-bond acceptors (Lipinski definition) is 4. The summed E-state index contributed by atoms with van der Waals surface area (Å²) in [5.41, 5.74) is -1.11. The molecule has 0 amide bonds. The highest BCUT2D eigenvalue weighted by atomic mass is 35.5. The average Bonchev–Trinajstić information content (AvgIpc) is 2.94. The molecule has 136 valence electrons. The summed E-state index contributed by atoms with van der Waals surface area (Å²) in [6.07, 6.45) is -4.63. The zero-order valence-corrected chi connectivity index (χ0v) is 14.4. The van der Waals surface area contributed by atoms with Gasteiger partial charge in [0.25, 0.3) is 0 Å². The Morgan fingerprint density at radius 3 is 2.50 bits per heavy atom. The second-order valence-corrected chi connectivity index (χ2v) is 6.47. The second kappa shape index (κ2) is 7.16. The molecule has 0 atom stereocenters. The van der Waals surface area contributed by atoms with E-state index in [4.69, 9.17) is 11.6 Å². The molecule has 0 aliphatic rings. The van der Waals surface area contributed by atoms with E-state index in [1.807, 2.05) is 0 Å². The molecule has 3 rings (SSSR count).